The molecule has 94 valence electrons. The van der Waals surface area contributed by atoms with E-state index in [1.165, 1.54) is 19.2 Å². The van der Waals surface area contributed by atoms with E-state index in [0.29, 0.717) is 16.5 Å². The first-order valence-electron chi connectivity index (χ1n) is 5.07. The highest BCUT2D eigenvalue weighted by Gasteiger charge is 2.17. The lowest BCUT2D eigenvalue weighted by atomic mass is 10.2. The fraction of sp³-hybridized carbons (Fsp3) is 0.167. The van der Waals surface area contributed by atoms with Gasteiger partial charge in [-0.3, -0.25) is 0 Å². The Hall–Kier alpha value is -1.95. The molecule has 6 heteroatoms. The van der Waals surface area contributed by atoms with Crippen LogP contribution in [0.3, 0.4) is 0 Å². The third-order valence-electron chi connectivity index (χ3n) is 2.40. The first kappa shape index (κ1) is 12.5. The zero-order chi connectivity index (χ0) is 13.3. The number of carbonyl (C=O) groups is 1. The Morgan fingerprint density at radius 2 is 2.22 bits per heavy atom. The number of ether oxygens (including phenoxy) is 1. The van der Waals surface area contributed by atoms with Gasteiger partial charge >= 0.3 is 5.97 Å². The number of rotatable bonds is 3. The van der Waals surface area contributed by atoms with E-state index >= 15 is 0 Å². The number of aromatic nitrogens is 1. The van der Waals surface area contributed by atoms with Crippen molar-refractivity contribution in [3.63, 3.8) is 0 Å². The minimum Gasteiger partial charge on any atom is -0.497 e. The van der Waals surface area contributed by atoms with Gasteiger partial charge < -0.3 is 9.84 Å². The van der Waals surface area contributed by atoms with E-state index < -0.39 is 11.8 Å². The molecule has 2 aromatic rings. The summed E-state index contributed by atoms with van der Waals surface area (Å²) in [5.41, 5.74) is 0.661. The summed E-state index contributed by atoms with van der Waals surface area (Å²) in [6.45, 7) is 1.59. The fourth-order valence-corrected chi connectivity index (χ4v) is 2.44. The lowest BCUT2D eigenvalue weighted by Gasteiger charge is -2.02. The number of aryl methyl sites for hydroxylation is 1. The van der Waals surface area contributed by atoms with Crippen LogP contribution in [0.2, 0.25) is 0 Å². The molecule has 0 bridgehead atoms. The Morgan fingerprint density at radius 1 is 1.50 bits per heavy atom. The Labute approximate surface area is 107 Å². The van der Waals surface area contributed by atoms with Gasteiger partial charge in [0.25, 0.3) is 0 Å². The average molecular weight is 267 g/mol. The summed E-state index contributed by atoms with van der Waals surface area (Å²) in [7, 11) is 1.45. The number of halogens is 1. The summed E-state index contributed by atoms with van der Waals surface area (Å²) < 4.78 is 18.7. The molecule has 4 nitrogen and oxygen atoms in total. The molecule has 0 aliphatic rings. The molecule has 0 aliphatic heterocycles. The smallest absolute Gasteiger partial charge is 0.347 e. The van der Waals surface area contributed by atoms with Gasteiger partial charge in [0.1, 0.15) is 21.5 Å². The molecule has 2 rings (SSSR count). The van der Waals surface area contributed by atoms with Gasteiger partial charge in [0.15, 0.2) is 0 Å². The van der Waals surface area contributed by atoms with E-state index in [-0.39, 0.29) is 10.4 Å². The van der Waals surface area contributed by atoms with Crippen LogP contribution in [0.4, 0.5) is 4.39 Å². The SMILES string of the molecule is COc1ccc(-c2nc(C)c(C(=O)O)s2)c(F)c1. The summed E-state index contributed by atoms with van der Waals surface area (Å²) in [5.74, 6) is -1.13. The van der Waals surface area contributed by atoms with Crippen LogP contribution in [-0.4, -0.2) is 23.2 Å². The van der Waals surface area contributed by atoms with Crippen LogP contribution in [0.5, 0.6) is 5.75 Å². The fourth-order valence-electron chi connectivity index (χ4n) is 1.51. The number of hydrogen-bond acceptors (Lipinski definition) is 4. The van der Waals surface area contributed by atoms with Crippen molar-refractivity contribution in [2.75, 3.05) is 7.11 Å². The quantitative estimate of drug-likeness (QED) is 0.928. The minimum atomic E-state index is -1.05. The van der Waals surface area contributed by atoms with Crippen LogP contribution >= 0.6 is 11.3 Å². The molecule has 1 N–H and O–H groups in total. The molecule has 1 aromatic heterocycles. The maximum atomic E-state index is 13.8. The zero-order valence-corrected chi connectivity index (χ0v) is 10.5. The summed E-state index contributed by atoms with van der Waals surface area (Å²) in [4.78, 5) is 15.1. The predicted molar refractivity (Wildman–Crippen MR) is 65.8 cm³/mol. The van der Waals surface area contributed by atoms with Crippen LogP contribution in [0.15, 0.2) is 18.2 Å². The van der Waals surface area contributed by atoms with Crippen LogP contribution in [0, 0.1) is 12.7 Å². The van der Waals surface area contributed by atoms with Crippen molar-refractivity contribution in [2.24, 2.45) is 0 Å². The molecule has 0 spiro atoms. The van der Waals surface area contributed by atoms with E-state index in [4.69, 9.17) is 9.84 Å². The van der Waals surface area contributed by atoms with Gasteiger partial charge in [0, 0.05) is 11.6 Å². The molecule has 0 radical (unpaired) electrons. The van der Waals surface area contributed by atoms with E-state index in [9.17, 15) is 9.18 Å². The highest BCUT2D eigenvalue weighted by atomic mass is 32.1. The third-order valence-corrected chi connectivity index (χ3v) is 3.58. The van der Waals surface area contributed by atoms with Crippen LogP contribution < -0.4 is 4.74 Å². The molecule has 1 heterocycles. The van der Waals surface area contributed by atoms with Crippen molar-refractivity contribution in [1.29, 1.82) is 0 Å². The Balaban J connectivity index is 2.49. The number of aromatic carboxylic acids is 1. The number of hydrogen-bond donors (Lipinski definition) is 1. The Morgan fingerprint density at radius 3 is 2.72 bits per heavy atom. The van der Waals surface area contributed by atoms with E-state index in [0.717, 1.165) is 11.3 Å². The van der Waals surface area contributed by atoms with E-state index in [1.54, 1.807) is 13.0 Å². The van der Waals surface area contributed by atoms with Crippen molar-refractivity contribution >= 4 is 17.3 Å². The number of benzene rings is 1. The second kappa shape index (κ2) is 4.73. The standard InChI is InChI=1S/C12H10FNO3S/c1-6-10(12(15)16)18-11(14-6)8-4-3-7(17-2)5-9(8)13/h3-5H,1-2H3,(H,15,16). The minimum absolute atomic E-state index is 0.125. The first-order valence-corrected chi connectivity index (χ1v) is 5.89. The molecule has 0 aliphatic carbocycles. The second-order valence-corrected chi connectivity index (χ2v) is 4.58. The molecule has 0 unspecified atom stereocenters. The van der Waals surface area contributed by atoms with Crippen molar-refractivity contribution in [2.45, 2.75) is 6.92 Å². The monoisotopic (exact) mass is 267 g/mol. The largest absolute Gasteiger partial charge is 0.497 e. The zero-order valence-electron chi connectivity index (χ0n) is 9.73. The highest BCUT2D eigenvalue weighted by Crippen LogP contribution is 2.31. The van der Waals surface area contributed by atoms with Gasteiger partial charge in [0.2, 0.25) is 0 Å². The lowest BCUT2D eigenvalue weighted by Crippen LogP contribution is -1.94. The molecule has 0 amide bonds. The molecule has 0 fully saturated rings. The van der Waals surface area contributed by atoms with Gasteiger partial charge in [-0.05, 0) is 19.1 Å². The number of thiazole rings is 1. The van der Waals surface area contributed by atoms with Crippen LogP contribution in [0.1, 0.15) is 15.4 Å². The second-order valence-electron chi connectivity index (χ2n) is 3.58. The van der Waals surface area contributed by atoms with E-state index in [2.05, 4.69) is 4.98 Å². The summed E-state index contributed by atoms with van der Waals surface area (Å²) in [6, 6.07) is 4.38. The topological polar surface area (TPSA) is 59.4 Å². The Bertz CT molecular complexity index is 609. The van der Waals surface area contributed by atoms with E-state index in [1.807, 2.05) is 0 Å². The number of methoxy groups -OCH3 is 1. The van der Waals surface area contributed by atoms with Gasteiger partial charge in [-0.1, -0.05) is 0 Å². The third kappa shape index (κ3) is 2.19. The molecule has 1 aromatic carbocycles. The van der Waals surface area contributed by atoms with Crippen molar-refractivity contribution in [3.05, 3.63) is 34.6 Å². The van der Waals surface area contributed by atoms with Crippen LogP contribution in [-0.2, 0) is 0 Å². The number of nitrogens with zero attached hydrogens (tertiary/aromatic N) is 1. The maximum Gasteiger partial charge on any atom is 0.347 e. The van der Waals surface area contributed by atoms with Crippen LogP contribution in [0.25, 0.3) is 10.6 Å². The number of carboxylic acid groups (broad SMARTS) is 1. The molecular weight excluding hydrogens is 257 g/mol. The summed E-state index contributed by atoms with van der Waals surface area (Å²) in [6.07, 6.45) is 0. The Kier molecular flexibility index (Phi) is 3.29. The van der Waals surface area contributed by atoms with Gasteiger partial charge in [-0.25, -0.2) is 14.2 Å². The summed E-state index contributed by atoms with van der Waals surface area (Å²) >= 11 is 0.957. The van der Waals surface area contributed by atoms with Gasteiger partial charge in [-0.15, -0.1) is 11.3 Å². The molecule has 0 saturated heterocycles. The van der Waals surface area contributed by atoms with Gasteiger partial charge in [0.05, 0.1) is 12.8 Å². The van der Waals surface area contributed by atoms with Gasteiger partial charge in [-0.2, -0.15) is 0 Å². The lowest BCUT2D eigenvalue weighted by molar-refractivity contribution is 0.0701. The average Bonchev–Trinajstić information content (AvgIpc) is 2.71. The highest BCUT2D eigenvalue weighted by molar-refractivity contribution is 7.17. The van der Waals surface area contributed by atoms with Crippen molar-refractivity contribution < 1.29 is 19.0 Å². The molecular formula is C12H10FNO3S. The summed E-state index contributed by atoms with van der Waals surface area (Å²) in [5, 5.41) is 9.29. The molecule has 0 atom stereocenters. The molecule has 18 heavy (non-hydrogen) atoms. The normalized spacial score (nSPS) is 10.4. The first-order chi connectivity index (χ1) is 8.52. The molecule has 0 saturated carbocycles. The van der Waals surface area contributed by atoms with Crippen molar-refractivity contribution in [1.82, 2.24) is 4.98 Å². The van der Waals surface area contributed by atoms with Crippen molar-refractivity contribution in [3.8, 4) is 16.3 Å². The predicted octanol–water partition coefficient (Wildman–Crippen LogP) is 2.96. The number of carboxylic acids is 1. The maximum absolute atomic E-state index is 13.8.